The van der Waals surface area contributed by atoms with Crippen molar-refractivity contribution in [3.8, 4) is 0 Å². The first-order valence-electron chi connectivity index (χ1n) is 8.09. The summed E-state index contributed by atoms with van der Waals surface area (Å²) < 4.78 is 23.4. The Morgan fingerprint density at radius 3 is 2.92 bits per heavy atom. The standard InChI is InChI=1S/C15H22N2O8/c1-22-8-3-5-23-11(6-8)25-13-12(20)9(7-18)24-14(13)17-4-2-10(19)16-15(17)21/h2,4,8-9,11-14,18,20H,3,5-7H2,1H3,(H,16,19,21)/t8?,9-,11?,12-,13-,14-/m1/s1. The van der Waals surface area contributed by atoms with E-state index in [1.165, 1.54) is 12.3 Å². The summed E-state index contributed by atoms with van der Waals surface area (Å²) in [5.74, 6) is 0. The van der Waals surface area contributed by atoms with E-state index in [2.05, 4.69) is 4.98 Å². The molecule has 0 radical (unpaired) electrons. The smallest absolute Gasteiger partial charge is 0.330 e. The zero-order valence-corrected chi connectivity index (χ0v) is 13.7. The number of aliphatic hydroxyl groups is 2. The number of aromatic amines is 1. The topological polar surface area (TPSA) is 132 Å². The normalized spacial score (nSPS) is 35.8. The summed E-state index contributed by atoms with van der Waals surface area (Å²) in [5.41, 5.74) is -1.24. The molecular weight excluding hydrogens is 336 g/mol. The second-order valence-corrected chi connectivity index (χ2v) is 6.04. The van der Waals surface area contributed by atoms with Crippen LogP contribution in [0.25, 0.3) is 0 Å². The molecular formula is C15H22N2O8. The van der Waals surface area contributed by atoms with Crippen LogP contribution in [-0.2, 0) is 18.9 Å². The summed E-state index contributed by atoms with van der Waals surface area (Å²) in [6.07, 6.45) is -2.25. The van der Waals surface area contributed by atoms with Gasteiger partial charge in [0, 0.05) is 25.8 Å². The van der Waals surface area contributed by atoms with E-state index in [0.717, 1.165) is 11.0 Å². The van der Waals surface area contributed by atoms with Gasteiger partial charge in [0.2, 0.25) is 0 Å². The molecule has 6 atom stereocenters. The van der Waals surface area contributed by atoms with Gasteiger partial charge in [-0.15, -0.1) is 0 Å². The number of nitrogens with zero attached hydrogens (tertiary/aromatic N) is 1. The first-order chi connectivity index (χ1) is 12.0. The van der Waals surface area contributed by atoms with E-state index in [0.29, 0.717) is 13.0 Å². The van der Waals surface area contributed by atoms with Gasteiger partial charge in [0.15, 0.2) is 12.5 Å². The van der Waals surface area contributed by atoms with Crippen LogP contribution in [0, 0.1) is 0 Å². The highest BCUT2D eigenvalue weighted by molar-refractivity contribution is 4.94. The third-order valence-corrected chi connectivity index (χ3v) is 4.46. The summed E-state index contributed by atoms with van der Waals surface area (Å²) in [7, 11) is 1.60. The molecule has 2 unspecified atom stereocenters. The van der Waals surface area contributed by atoms with E-state index in [4.69, 9.17) is 18.9 Å². The lowest BCUT2D eigenvalue weighted by molar-refractivity contribution is -0.232. The van der Waals surface area contributed by atoms with Crippen molar-refractivity contribution in [2.45, 2.75) is 49.8 Å². The molecule has 3 rings (SSSR count). The second kappa shape index (κ2) is 7.77. The van der Waals surface area contributed by atoms with Crippen LogP contribution in [0.15, 0.2) is 21.9 Å². The van der Waals surface area contributed by atoms with E-state index >= 15 is 0 Å². The lowest BCUT2D eigenvalue weighted by Gasteiger charge is -2.32. The Morgan fingerprint density at radius 1 is 1.44 bits per heavy atom. The minimum Gasteiger partial charge on any atom is -0.394 e. The van der Waals surface area contributed by atoms with Crippen LogP contribution in [0.2, 0.25) is 0 Å². The van der Waals surface area contributed by atoms with E-state index in [1.54, 1.807) is 7.11 Å². The van der Waals surface area contributed by atoms with Crippen LogP contribution < -0.4 is 11.2 Å². The summed E-state index contributed by atoms with van der Waals surface area (Å²) in [5, 5.41) is 19.8. The number of aliphatic hydroxyl groups excluding tert-OH is 2. The number of nitrogens with one attached hydrogen (secondary N) is 1. The number of rotatable bonds is 5. The van der Waals surface area contributed by atoms with Gasteiger partial charge in [0.25, 0.3) is 5.56 Å². The fourth-order valence-corrected chi connectivity index (χ4v) is 3.08. The van der Waals surface area contributed by atoms with Crippen LogP contribution in [0.3, 0.4) is 0 Å². The maximum Gasteiger partial charge on any atom is 0.330 e. The van der Waals surface area contributed by atoms with Crippen molar-refractivity contribution in [2.75, 3.05) is 20.3 Å². The SMILES string of the molecule is COC1CCOC(O[C@@H]2[C@H](O)[C@@H](CO)O[C@H]2n2ccc(=O)[nH]c2=O)C1. The van der Waals surface area contributed by atoms with Crippen molar-refractivity contribution in [2.24, 2.45) is 0 Å². The summed E-state index contributed by atoms with van der Waals surface area (Å²) in [6, 6.07) is 1.17. The quantitative estimate of drug-likeness (QED) is 0.569. The van der Waals surface area contributed by atoms with Crippen molar-refractivity contribution in [3.05, 3.63) is 33.1 Å². The van der Waals surface area contributed by atoms with E-state index < -0.39 is 48.7 Å². The van der Waals surface area contributed by atoms with Crippen molar-refractivity contribution in [3.63, 3.8) is 0 Å². The molecule has 0 bridgehead atoms. The maximum atomic E-state index is 12.0. The van der Waals surface area contributed by atoms with Crippen molar-refractivity contribution >= 4 is 0 Å². The average molecular weight is 358 g/mol. The third-order valence-electron chi connectivity index (χ3n) is 4.46. The molecule has 1 aromatic heterocycles. The molecule has 2 aliphatic rings. The number of aromatic nitrogens is 2. The predicted molar refractivity (Wildman–Crippen MR) is 83.0 cm³/mol. The Bertz CT molecular complexity index is 689. The van der Waals surface area contributed by atoms with Gasteiger partial charge in [-0.1, -0.05) is 0 Å². The molecule has 3 heterocycles. The van der Waals surface area contributed by atoms with Gasteiger partial charge in [-0.2, -0.15) is 0 Å². The molecule has 1 aromatic rings. The second-order valence-electron chi connectivity index (χ2n) is 6.04. The monoisotopic (exact) mass is 358 g/mol. The summed E-state index contributed by atoms with van der Waals surface area (Å²) >= 11 is 0. The Balaban J connectivity index is 1.82. The highest BCUT2D eigenvalue weighted by Crippen LogP contribution is 2.33. The van der Waals surface area contributed by atoms with Crippen molar-refractivity contribution in [1.82, 2.24) is 9.55 Å². The largest absolute Gasteiger partial charge is 0.394 e. The molecule has 140 valence electrons. The summed E-state index contributed by atoms with van der Waals surface area (Å²) in [6.45, 7) is 0.00139. The molecule has 2 saturated heterocycles. The lowest BCUT2D eigenvalue weighted by Crippen LogP contribution is -2.43. The summed E-state index contributed by atoms with van der Waals surface area (Å²) in [4.78, 5) is 25.4. The third kappa shape index (κ3) is 3.84. The zero-order valence-electron chi connectivity index (χ0n) is 13.7. The minimum atomic E-state index is -1.17. The molecule has 2 fully saturated rings. The van der Waals surface area contributed by atoms with Crippen LogP contribution in [-0.4, -0.2) is 70.8 Å². The Labute approximate surface area is 142 Å². The van der Waals surface area contributed by atoms with Gasteiger partial charge in [-0.25, -0.2) is 4.79 Å². The molecule has 0 saturated carbocycles. The lowest BCUT2D eigenvalue weighted by atomic mass is 10.1. The average Bonchev–Trinajstić information content (AvgIpc) is 2.91. The van der Waals surface area contributed by atoms with Gasteiger partial charge in [0.1, 0.15) is 18.3 Å². The Kier molecular flexibility index (Phi) is 5.67. The van der Waals surface area contributed by atoms with Gasteiger partial charge >= 0.3 is 5.69 Å². The predicted octanol–water partition coefficient (Wildman–Crippen LogP) is -1.68. The molecule has 25 heavy (non-hydrogen) atoms. The zero-order chi connectivity index (χ0) is 18.0. The number of hydrogen-bond donors (Lipinski definition) is 3. The van der Waals surface area contributed by atoms with Crippen LogP contribution in [0.1, 0.15) is 19.1 Å². The van der Waals surface area contributed by atoms with Crippen LogP contribution in [0.4, 0.5) is 0 Å². The number of methoxy groups -OCH3 is 1. The molecule has 10 nitrogen and oxygen atoms in total. The molecule has 3 N–H and O–H groups in total. The van der Waals surface area contributed by atoms with E-state index in [1.807, 2.05) is 0 Å². The van der Waals surface area contributed by atoms with Gasteiger partial charge in [-0.05, 0) is 6.42 Å². The molecule has 0 aliphatic carbocycles. The van der Waals surface area contributed by atoms with Crippen molar-refractivity contribution in [1.29, 1.82) is 0 Å². The first kappa shape index (κ1) is 18.2. The fourth-order valence-electron chi connectivity index (χ4n) is 3.08. The highest BCUT2D eigenvalue weighted by atomic mass is 16.7. The van der Waals surface area contributed by atoms with Crippen LogP contribution in [0.5, 0.6) is 0 Å². The molecule has 2 aliphatic heterocycles. The molecule has 0 amide bonds. The number of H-pyrrole nitrogens is 1. The van der Waals surface area contributed by atoms with Gasteiger partial charge in [0.05, 0.1) is 19.3 Å². The maximum absolute atomic E-state index is 12.0. The van der Waals surface area contributed by atoms with E-state index in [-0.39, 0.29) is 6.10 Å². The Hall–Kier alpha value is -1.56. The minimum absolute atomic E-state index is 0.0268. The van der Waals surface area contributed by atoms with Gasteiger partial charge in [-0.3, -0.25) is 14.3 Å². The van der Waals surface area contributed by atoms with E-state index in [9.17, 15) is 19.8 Å². The molecule has 10 heteroatoms. The Morgan fingerprint density at radius 2 is 2.24 bits per heavy atom. The number of hydrogen-bond acceptors (Lipinski definition) is 8. The fraction of sp³-hybridized carbons (Fsp3) is 0.733. The highest BCUT2D eigenvalue weighted by Gasteiger charge is 2.47. The van der Waals surface area contributed by atoms with Crippen molar-refractivity contribution < 1.29 is 29.2 Å². The molecule has 0 aromatic carbocycles. The first-order valence-corrected chi connectivity index (χ1v) is 8.09. The molecule has 0 spiro atoms. The number of ether oxygens (including phenoxy) is 4. The van der Waals surface area contributed by atoms with Crippen LogP contribution >= 0.6 is 0 Å². The van der Waals surface area contributed by atoms with Gasteiger partial charge < -0.3 is 29.2 Å².